The number of benzene rings is 1. The van der Waals surface area contributed by atoms with E-state index in [1.165, 1.54) is 6.07 Å². The van der Waals surface area contributed by atoms with Gasteiger partial charge < -0.3 is 4.74 Å². The van der Waals surface area contributed by atoms with Crippen LogP contribution < -0.4 is 0 Å². The molecule has 2 nitrogen and oxygen atoms in total. The largest absolute Gasteiger partial charge is 0.380 e. The molecule has 0 radical (unpaired) electrons. The summed E-state index contributed by atoms with van der Waals surface area (Å²) in [4.78, 5) is 2.22. The summed E-state index contributed by atoms with van der Waals surface area (Å²) in [5.74, 6) is -0.143. The molecule has 0 spiro atoms. The van der Waals surface area contributed by atoms with E-state index in [9.17, 15) is 4.39 Å². The van der Waals surface area contributed by atoms with Crippen LogP contribution in [0, 0.1) is 5.82 Å². The maximum Gasteiger partial charge on any atom is 0.128 e. The van der Waals surface area contributed by atoms with Gasteiger partial charge in [-0.05, 0) is 18.6 Å². The van der Waals surface area contributed by atoms with Crippen molar-refractivity contribution in [1.82, 2.24) is 4.90 Å². The number of halogens is 2. The van der Waals surface area contributed by atoms with Crippen LogP contribution in [0.25, 0.3) is 0 Å². The number of hydrogen-bond acceptors (Lipinski definition) is 2. The molecule has 0 saturated carbocycles. The molecule has 1 atom stereocenters. The van der Waals surface area contributed by atoms with Gasteiger partial charge in [-0.25, -0.2) is 4.39 Å². The molecule has 1 aromatic rings. The maximum absolute atomic E-state index is 13.6. The third-order valence-electron chi connectivity index (χ3n) is 2.97. The highest BCUT2D eigenvalue weighted by Gasteiger charge is 2.22. The van der Waals surface area contributed by atoms with Crippen LogP contribution in [0.3, 0.4) is 0 Å². The fourth-order valence-corrected chi connectivity index (χ4v) is 2.36. The van der Waals surface area contributed by atoms with Crippen LogP contribution in [0.4, 0.5) is 4.39 Å². The summed E-state index contributed by atoms with van der Waals surface area (Å²) in [5, 5.41) is 0. The van der Waals surface area contributed by atoms with Crippen molar-refractivity contribution >= 4 is 15.9 Å². The van der Waals surface area contributed by atoms with E-state index in [1.54, 1.807) is 7.11 Å². The van der Waals surface area contributed by atoms with Crippen molar-refractivity contribution in [2.75, 3.05) is 20.2 Å². The predicted molar refractivity (Wildman–Crippen MR) is 64.8 cm³/mol. The molecule has 2 rings (SSSR count). The van der Waals surface area contributed by atoms with Crippen molar-refractivity contribution in [1.29, 1.82) is 0 Å². The first kappa shape index (κ1) is 12.0. The van der Waals surface area contributed by atoms with E-state index in [-0.39, 0.29) is 5.82 Å². The summed E-state index contributed by atoms with van der Waals surface area (Å²) in [6, 6.07) is 5.22. The Labute approximate surface area is 104 Å². The highest BCUT2D eigenvalue weighted by Crippen LogP contribution is 2.19. The molecule has 1 aromatic carbocycles. The first-order chi connectivity index (χ1) is 7.69. The molecule has 0 aromatic heterocycles. The number of rotatable bonds is 3. The smallest absolute Gasteiger partial charge is 0.128 e. The molecule has 0 amide bonds. The van der Waals surface area contributed by atoms with Crippen molar-refractivity contribution in [2.24, 2.45) is 0 Å². The standard InChI is InChI=1S/C12H15BrFNO/c1-16-11-4-5-15(8-11)7-9-2-3-10(13)6-12(9)14/h2-3,6,11H,4-5,7-8H2,1H3/t11-/m0/s1. The molecule has 1 aliphatic heterocycles. The highest BCUT2D eigenvalue weighted by atomic mass is 79.9. The van der Waals surface area contributed by atoms with Crippen LogP contribution in [0.1, 0.15) is 12.0 Å². The first-order valence-electron chi connectivity index (χ1n) is 5.38. The van der Waals surface area contributed by atoms with E-state index < -0.39 is 0 Å². The number of methoxy groups -OCH3 is 1. The minimum Gasteiger partial charge on any atom is -0.380 e. The second-order valence-corrected chi connectivity index (χ2v) is 5.03. The van der Waals surface area contributed by atoms with Gasteiger partial charge in [0.05, 0.1) is 6.10 Å². The van der Waals surface area contributed by atoms with Crippen molar-refractivity contribution in [3.8, 4) is 0 Å². The second-order valence-electron chi connectivity index (χ2n) is 4.12. The molecule has 0 aliphatic carbocycles. The van der Waals surface area contributed by atoms with Crippen molar-refractivity contribution in [3.63, 3.8) is 0 Å². The summed E-state index contributed by atoms with van der Waals surface area (Å²) in [6.07, 6.45) is 1.34. The van der Waals surface area contributed by atoms with Gasteiger partial charge in [-0.1, -0.05) is 22.0 Å². The van der Waals surface area contributed by atoms with Gasteiger partial charge in [-0.3, -0.25) is 4.90 Å². The topological polar surface area (TPSA) is 12.5 Å². The van der Waals surface area contributed by atoms with Gasteiger partial charge in [0.2, 0.25) is 0 Å². The SMILES string of the molecule is CO[C@H]1CCN(Cc2ccc(Br)cc2F)C1. The zero-order valence-corrected chi connectivity index (χ0v) is 10.8. The summed E-state index contributed by atoms with van der Waals surface area (Å²) in [6.45, 7) is 2.54. The van der Waals surface area contributed by atoms with Crippen molar-refractivity contribution < 1.29 is 9.13 Å². The molecule has 16 heavy (non-hydrogen) atoms. The average Bonchev–Trinajstić information content (AvgIpc) is 2.70. The molecule has 88 valence electrons. The van der Waals surface area contributed by atoms with Crippen LogP contribution in [-0.4, -0.2) is 31.2 Å². The van der Waals surface area contributed by atoms with Crippen LogP contribution in [0.15, 0.2) is 22.7 Å². The lowest BCUT2D eigenvalue weighted by atomic mass is 10.2. The van der Waals surface area contributed by atoms with E-state index in [0.29, 0.717) is 12.6 Å². The maximum atomic E-state index is 13.6. The monoisotopic (exact) mass is 287 g/mol. The molecule has 0 N–H and O–H groups in total. The Bertz CT molecular complexity index is 372. The summed E-state index contributed by atoms with van der Waals surface area (Å²) in [5.41, 5.74) is 0.750. The molecule has 1 aliphatic rings. The Morgan fingerprint density at radius 1 is 1.56 bits per heavy atom. The van der Waals surface area contributed by atoms with Gasteiger partial charge in [0, 0.05) is 36.8 Å². The lowest BCUT2D eigenvalue weighted by Crippen LogP contribution is -2.22. The van der Waals surface area contributed by atoms with Gasteiger partial charge in [-0.15, -0.1) is 0 Å². The third kappa shape index (κ3) is 2.81. The lowest BCUT2D eigenvalue weighted by Gasteiger charge is -2.16. The number of ether oxygens (including phenoxy) is 1. The summed E-state index contributed by atoms with van der Waals surface area (Å²) in [7, 11) is 1.73. The zero-order chi connectivity index (χ0) is 11.5. The van der Waals surface area contributed by atoms with Gasteiger partial charge >= 0.3 is 0 Å². The van der Waals surface area contributed by atoms with Crippen molar-refractivity contribution in [3.05, 3.63) is 34.1 Å². The Kier molecular flexibility index (Phi) is 3.95. The molecular formula is C12H15BrFNO. The molecule has 1 fully saturated rings. The summed E-state index contributed by atoms with van der Waals surface area (Å²) >= 11 is 3.26. The van der Waals surface area contributed by atoms with Gasteiger partial charge in [0.25, 0.3) is 0 Å². The van der Waals surface area contributed by atoms with E-state index in [2.05, 4.69) is 20.8 Å². The second kappa shape index (κ2) is 5.25. The Balaban J connectivity index is 1.99. The fraction of sp³-hybridized carbons (Fsp3) is 0.500. The zero-order valence-electron chi connectivity index (χ0n) is 9.25. The van der Waals surface area contributed by atoms with Gasteiger partial charge in [0.1, 0.15) is 5.82 Å². The minimum absolute atomic E-state index is 0.143. The predicted octanol–water partition coefficient (Wildman–Crippen LogP) is 2.81. The number of likely N-dealkylation sites (tertiary alicyclic amines) is 1. The third-order valence-corrected chi connectivity index (χ3v) is 3.46. The van der Waals surface area contributed by atoms with E-state index in [4.69, 9.17) is 4.74 Å². The molecule has 1 heterocycles. The van der Waals surface area contributed by atoms with Crippen LogP contribution in [0.5, 0.6) is 0 Å². The van der Waals surface area contributed by atoms with Gasteiger partial charge in [-0.2, -0.15) is 0 Å². The van der Waals surface area contributed by atoms with E-state index in [1.807, 2.05) is 12.1 Å². The van der Waals surface area contributed by atoms with Crippen LogP contribution in [0.2, 0.25) is 0 Å². The molecule has 1 saturated heterocycles. The Morgan fingerprint density at radius 2 is 2.38 bits per heavy atom. The summed E-state index contributed by atoms with van der Waals surface area (Å²) < 4.78 is 19.7. The molecule has 0 bridgehead atoms. The molecule has 4 heteroatoms. The number of hydrogen-bond donors (Lipinski definition) is 0. The normalized spacial score (nSPS) is 21.6. The fourth-order valence-electron chi connectivity index (χ4n) is 2.02. The average molecular weight is 288 g/mol. The minimum atomic E-state index is -0.143. The van der Waals surface area contributed by atoms with E-state index in [0.717, 1.165) is 29.5 Å². The highest BCUT2D eigenvalue weighted by molar-refractivity contribution is 9.10. The van der Waals surface area contributed by atoms with E-state index >= 15 is 0 Å². The van der Waals surface area contributed by atoms with Gasteiger partial charge in [0.15, 0.2) is 0 Å². The Hall–Kier alpha value is -0.450. The lowest BCUT2D eigenvalue weighted by molar-refractivity contribution is 0.107. The first-order valence-corrected chi connectivity index (χ1v) is 6.17. The quantitative estimate of drug-likeness (QED) is 0.848. The number of nitrogens with zero attached hydrogens (tertiary/aromatic N) is 1. The van der Waals surface area contributed by atoms with Crippen LogP contribution in [-0.2, 0) is 11.3 Å². The molecular weight excluding hydrogens is 273 g/mol. The Morgan fingerprint density at radius 3 is 3.00 bits per heavy atom. The van der Waals surface area contributed by atoms with Crippen LogP contribution >= 0.6 is 15.9 Å². The van der Waals surface area contributed by atoms with Crippen molar-refractivity contribution in [2.45, 2.75) is 19.1 Å². The molecule has 0 unspecified atom stereocenters.